The van der Waals surface area contributed by atoms with Crippen molar-refractivity contribution in [1.82, 2.24) is 0 Å². The van der Waals surface area contributed by atoms with Gasteiger partial charge in [-0.25, -0.2) is 0 Å². The van der Waals surface area contributed by atoms with Crippen LogP contribution in [-0.4, -0.2) is 6.61 Å². The highest BCUT2D eigenvalue weighted by molar-refractivity contribution is 5.28. The third kappa shape index (κ3) is 4.48. The molecule has 1 rings (SSSR count). The van der Waals surface area contributed by atoms with Crippen molar-refractivity contribution in [3.63, 3.8) is 0 Å². The van der Waals surface area contributed by atoms with Crippen LogP contribution in [0.2, 0.25) is 0 Å². The molecule has 0 heterocycles. The Balaban J connectivity index is 2.49. The van der Waals surface area contributed by atoms with E-state index >= 15 is 0 Å². The first-order chi connectivity index (χ1) is 7.26. The largest absolute Gasteiger partial charge is 0.377 e. The summed E-state index contributed by atoms with van der Waals surface area (Å²) in [5.41, 5.74) is 4.05. The molecule has 0 N–H and O–H groups in total. The van der Waals surface area contributed by atoms with Crippen LogP contribution < -0.4 is 0 Å². The number of hydrogen-bond acceptors (Lipinski definition) is 1. The minimum absolute atomic E-state index is 0.759. The topological polar surface area (TPSA) is 9.23 Å². The molecule has 0 aliphatic heterocycles. The lowest BCUT2D eigenvalue weighted by Crippen LogP contribution is -1.96. The average molecular weight is 206 g/mol. The second-order valence-electron chi connectivity index (χ2n) is 4.09. The van der Waals surface area contributed by atoms with Crippen molar-refractivity contribution in [1.29, 1.82) is 0 Å². The fourth-order valence-corrected chi connectivity index (χ4v) is 1.67. The fourth-order valence-electron chi connectivity index (χ4n) is 1.67. The Bertz CT molecular complexity index is 291. The van der Waals surface area contributed by atoms with Crippen molar-refractivity contribution in [2.45, 2.75) is 46.6 Å². The molecular weight excluding hydrogens is 184 g/mol. The number of aryl methyl sites for hydroxylation is 2. The summed E-state index contributed by atoms with van der Waals surface area (Å²) < 4.78 is 5.61. The lowest BCUT2D eigenvalue weighted by Gasteiger charge is -2.07. The number of hydrogen-bond donors (Lipinski definition) is 0. The van der Waals surface area contributed by atoms with E-state index in [9.17, 15) is 0 Å². The van der Waals surface area contributed by atoms with Crippen LogP contribution in [0.5, 0.6) is 0 Å². The minimum atomic E-state index is 0.759. The van der Waals surface area contributed by atoms with Gasteiger partial charge in [-0.1, -0.05) is 44.0 Å². The zero-order valence-corrected chi connectivity index (χ0v) is 10.2. The lowest BCUT2D eigenvalue weighted by atomic mass is 10.1. The number of rotatable bonds is 6. The molecule has 15 heavy (non-hydrogen) atoms. The van der Waals surface area contributed by atoms with Crippen LogP contribution in [0, 0.1) is 6.92 Å². The molecule has 1 heteroatoms. The Morgan fingerprint density at radius 3 is 2.47 bits per heavy atom. The molecule has 1 aromatic carbocycles. The van der Waals surface area contributed by atoms with Gasteiger partial charge in [-0.3, -0.25) is 0 Å². The number of ether oxygens (including phenoxy) is 1. The molecule has 0 aromatic heterocycles. The van der Waals surface area contributed by atoms with Gasteiger partial charge >= 0.3 is 0 Å². The van der Waals surface area contributed by atoms with E-state index in [0.717, 1.165) is 26.1 Å². The number of benzene rings is 1. The highest BCUT2D eigenvalue weighted by Gasteiger charge is 1.97. The van der Waals surface area contributed by atoms with Crippen LogP contribution >= 0.6 is 0 Å². The molecule has 0 bridgehead atoms. The summed E-state index contributed by atoms with van der Waals surface area (Å²) in [6, 6.07) is 6.71. The monoisotopic (exact) mass is 206 g/mol. The summed E-state index contributed by atoms with van der Waals surface area (Å²) in [7, 11) is 0. The fraction of sp³-hybridized carbons (Fsp3) is 0.571. The van der Waals surface area contributed by atoms with E-state index in [1.165, 1.54) is 23.1 Å². The summed E-state index contributed by atoms with van der Waals surface area (Å²) in [4.78, 5) is 0. The standard InChI is InChI=1S/C14H22O/c1-4-6-7-15-11-14-9-12(3)8-13(5-2)10-14/h8-10H,4-7,11H2,1-3H3. The summed E-state index contributed by atoms with van der Waals surface area (Å²) in [6.45, 7) is 8.16. The summed E-state index contributed by atoms with van der Waals surface area (Å²) in [6.07, 6.45) is 3.46. The predicted octanol–water partition coefficient (Wildman–Crippen LogP) is 3.87. The SMILES string of the molecule is CCCCOCc1cc(C)cc(CC)c1. The first kappa shape index (κ1) is 12.3. The first-order valence-corrected chi connectivity index (χ1v) is 5.93. The molecule has 0 fully saturated rings. The van der Waals surface area contributed by atoms with Gasteiger partial charge in [-0.15, -0.1) is 0 Å². The van der Waals surface area contributed by atoms with Crippen molar-refractivity contribution >= 4 is 0 Å². The Labute approximate surface area is 93.5 Å². The van der Waals surface area contributed by atoms with E-state index in [4.69, 9.17) is 4.74 Å². The molecule has 0 unspecified atom stereocenters. The van der Waals surface area contributed by atoms with Crippen LogP contribution in [0.1, 0.15) is 43.4 Å². The zero-order valence-electron chi connectivity index (χ0n) is 10.2. The van der Waals surface area contributed by atoms with Gasteiger partial charge in [-0.2, -0.15) is 0 Å². The van der Waals surface area contributed by atoms with E-state index < -0.39 is 0 Å². The van der Waals surface area contributed by atoms with Crippen molar-refractivity contribution in [3.05, 3.63) is 34.9 Å². The van der Waals surface area contributed by atoms with Crippen LogP contribution in [0.15, 0.2) is 18.2 Å². The van der Waals surface area contributed by atoms with Crippen LogP contribution in [0.25, 0.3) is 0 Å². The molecule has 1 aromatic rings. The van der Waals surface area contributed by atoms with Crippen LogP contribution in [0.3, 0.4) is 0 Å². The Morgan fingerprint density at radius 1 is 1.07 bits per heavy atom. The van der Waals surface area contributed by atoms with Crippen molar-refractivity contribution < 1.29 is 4.74 Å². The van der Waals surface area contributed by atoms with Gasteiger partial charge < -0.3 is 4.74 Å². The van der Waals surface area contributed by atoms with Gasteiger partial charge in [0.15, 0.2) is 0 Å². The van der Waals surface area contributed by atoms with Crippen molar-refractivity contribution in [3.8, 4) is 0 Å². The maximum atomic E-state index is 5.61. The lowest BCUT2D eigenvalue weighted by molar-refractivity contribution is 0.118. The average Bonchev–Trinajstić information content (AvgIpc) is 2.23. The Hall–Kier alpha value is -0.820. The van der Waals surface area contributed by atoms with Crippen molar-refractivity contribution in [2.24, 2.45) is 0 Å². The molecule has 0 atom stereocenters. The van der Waals surface area contributed by atoms with Gasteiger partial charge in [0.25, 0.3) is 0 Å². The van der Waals surface area contributed by atoms with Gasteiger partial charge in [0, 0.05) is 6.61 Å². The molecule has 0 aliphatic rings. The van der Waals surface area contributed by atoms with E-state index in [1.54, 1.807) is 0 Å². The van der Waals surface area contributed by atoms with E-state index in [1.807, 2.05) is 0 Å². The maximum Gasteiger partial charge on any atom is 0.0717 e. The Morgan fingerprint density at radius 2 is 1.80 bits per heavy atom. The molecule has 0 spiro atoms. The maximum absolute atomic E-state index is 5.61. The first-order valence-electron chi connectivity index (χ1n) is 5.93. The highest BCUT2D eigenvalue weighted by Crippen LogP contribution is 2.11. The van der Waals surface area contributed by atoms with E-state index in [2.05, 4.69) is 39.0 Å². The molecular formula is C14H22O. The smallest absolute Gasteiger partial charge is 0.0717 e. The third-order valence-corrected chi connectivity index (χ3v) is 2.52. The summed E-state index contributed by atoms with van der Waals surface area (Å²) in [5, 5.41) is 0. The molecule has 0 saturated carbocycles. The van der Waals surface area contributed by atoms with Gasteiger partial charge in [0.05, 0.1) is 6.61 Å². The predicted molar refractivity (Wildman–Crippen MR) is 65.1 cm³/mol. The molecule has 0 aliphatic carbocycles. The molecule has 0 saturated heterocycles. The van der Waals surface area contributed by atoms with Gasteiger partial charge in [0.1, 0.15) is 0 Å². The minimum Gasteiger partial charge on any atom is -0.377 e. The molecule has 0 amide bonds. The zero-order chi connectivity index (χ0) is 11.1. The second kappa shape index (κ2) is 6.62. The van der Waals surface area contributed by atoms with Gasteiger partial charge in [-0.05, 0) is 30.9 Å². The highest BCUT2D eigenvalue weighted by atomic mass is 16.5. The normalized spacial score (nSPS) is 10.6. The quantitative estimate of drug-likeness (QED) is 0.642. The Kier molecular flexibility index (Phi) is 5.41. The molecule has 84 valence electrons. The van der Waals surface area contributed by atoms with E-state index in [0.29, 0.717) is 0 Å². The second-order valence-corrected chi connectivity index (χ2v) is 4.09. The third-order valence-electron chi connectivity index (χ3n) is 2.52. The number of unbranched alkanes of at least 4 members (excludes halogenated alkanes) is 1. The van der Waals surface area contributed by atoms with Crippen LogP contribution in [0.4, 0.5) is 0 Å². The van der Waals surface area contributed by atoms with Crippen molar-refractivity contribution in [2.75, 3.05) is 6.61 Å². The summed E-state index contributed by atoms with van der Waals surface area (Å²) in [5.74, 6) is 0. The van der Waals surface area contributed by atoms with E-state index in [-0.39, 0.29) is 0 Å². The molecule has 1 nitrogen and oxygen atoms in total. The summed E-state index contributed by atoms with van der Waals surface area (Å²) >= 11 is 0. The molecule has 0 radical (unpaired) electrons. The van der Waals surface area contributed by atoms with Crippen LogP contribution in [-0.2, 0) is 17.8 Å². The van der Waals surface area contributed by atoms with Gasteiger partial charge in [0.2, 0.25) is 0 Å².